The van der Waals surface area contributed by atoms with Crippen LogP contribution in [-0.4, -0.2) is 58.0 Å². The number of carbonyl (C=O) groups excluding carboxylic acids is 1. The zero-order valence-electron chi connectivity index (χ0n) is 12.5. The number of quaternary nitrogens is 1. The molecule has 1 unspecified atom stereocenters. The van der Waals surface area contributed by atoms with E-state index in [1.807, 2.05) is 21.1 Å². The molecule has 0 aliphatic heterocycles. The Hall–Kier alpha value is -0.720. The van der Waals surface area contributed by atoms with Gasteiger partial charge in [0, 0.05) is 12.5 Å². The van der Waals surface area contributed by atoms with Gasteiger partial charge in [-0.25, -0.2) is 4.79 Å². The Kier molecular flexibility index (Phi) is 8.93. The lowest BCUT2D eigenvalue weighted by Crippen LogP contribution is -2.37. The molecule has 0 spiro atoms. The van der Waals surface area contributed by atoms with Crippen LogP contribution < -0.4 is 4.89 Å². The molecular formula is C12H24NO6P. The summed E-state index contributed by atoms with van der Waals surface area (Å²) in [6.07, 6.45) is 3.13. The van der Waals surface area contributed by atoms with Gasteiger partial charge in [0.1, 0.15) is 13.2 Å². The Labute approximate surface area is 120 Å². The van der Waals surface area contributed by atoms with Crippen molar-refractivity contribution in [1.82, 2.24) is 0 Å². The minimum absolute atomic E-state index is 0.0700. The van der Waals surface area contributed by atoms with Crippen LogP contribution in [0.15, 0.2) is 12.2 Å². The molecule has 0 aliphatic carbocycles. The Morgan fingerprint density at radius 2 is 1.80 bits per heavy atom. The molecule has 0 aromatic rings. The Balaban J connectivity index is 3.72. The van der Waals surface area contributed by atoms with Crippen molar-refractivity contribution >= 4 is 13.8 Å². The van der Waals surface area contributed by atoms with Gasteiger partial charge in [0.25, 0.3) is 7.82 Å². The highest BCUT2D eigenvalue weighted by Crippen LogP contribution is 2.38. The third-order valence-corrected chi connectivity index (χ3v) is 3.09. The second-order valence-electron chi connectivity index (χ2n) is 5.15. The van der Waals surface area contributed by atoms with Gasteiger partial charge in [-0.1, -0.05) is 6.08 Å². The molecule has 0 N–H and O–H groups in total. The van der Waals surface area contributed by atoms with E-state index in [9.17, 15) is 14.3 Å². The molecule has 0 heterocycles. The monoisotopic (exact) mass is 309 g/mol. The summed E-state index contributed by atoms with van der Waals surface area (Å²) >= 11 is 0. The Bertz CT molecular complexity index is 363. The minimum atomic E-state index is -4.27. The minimum Gasteiger partial charge on any atom is -0.756 e. The Morgan fingerprint density at radius 1 is 1.20 bits per heavy atom. The lowest BCUT2D eigenvalue weighted by atomic mass is 10.5. The Morgan fingerprint density at radius 3 is 2.35 bits per heavy atom. The van der Waals surface area contributed by atoms with Gasteiger partial charge in [0.2, 0.25) is 0 Å². The summed E-state index contributed by atoms with van der Waals surface area (Å²) in [4.78, 5) is 22.3. The van der Waals surface area contributed by atoms with Crippen molar-refractivity contribution in [2.75, 3.05) is 47.5 Å². The van der Waals surface area contributed by atoms with Crippen molar-refractivity contribution in [1.29, 1.82) is 0 Å². The number of phosphoric acid groups is 1. The molecule has 8 heteroatoms. The fourth-order valence-corrected chi connectivity index (χ4v) is 1.79. The fraction of sp³-hybridized carbons (Fsp3) is 0.750. The smallest absolute Gasteiger partial charge is 0.330 e. The first kappa shape index (κ1) is 19.3. The zero-order valence-corrected chi connectivity index (χ0v) is 13.4. The third kappa shape index (κ3) is 12.3. The SMILES string of the molecule is CC=CC(=O)OCCCOP(=O)([O-])OCC[N+](C)(C)C. The zero-order chi connectivity index (χ0) is 15.6. The number of likely N-dealkylation sites (N-methyl/N-ethyl adjacent to an activating group) is 1. The summed E-state index contributed by atoms with van der Waals surface area (Å²) in [6.45, 7) is 2.35. The summed E-state index contributed by atoms with van der Waals surface area (Å²) < 4.78 is 26.1. The van der Waals surface area contributed by atoms with Gasteiger partial charge in [0.15, 0.2) is 0 Å². The molecule has 0 fully saturated rings. The second kappa shape index (κ2) is 9.26. The van der Waals surface area contributed by atoms with Gasteiger partial charge in [-0.2, -0.15) is 0 Å². The average molecular weight is 309 g/mol. The molecule has 0 aliphatic rings. The van der Waals surface area contributed by atoms with Gasteiger partial charge >= 0.3 is 5.97 Å². The van der Waals surface area contributed by atoms with E-state index in [0.717, 1.165) is 0 Å². The fourth-order valence-electron chi connectivity index (χ4n) is 1.06. The van der Waals surface area contributed by atoms with Gasteiger partial charge in [-0.3, -0.25) is 4.57 Å². The molecule has 1 atom stereocenters. The number of hydrogen-bond donors (Lipinski definition) is 0. The highest BCUT2D eigenvalue weighted by atomic mass is 31.2. The number of allylic oxidation sites excluding steroid dienone is 1. The summed E-state index contributed by atoms with van der Waals surface area (Å²) in [5.41, 5.74) is 0. The largest absolute Gasteiger partial charge is 0.756 e. The number of carbonyl (C=O) groups is 1. The van der Waals surface area contributed by atoms with E-state index in [1.54, 1.807) is 13.0 Å². The van der Waals surface area contributed by atoms with Crippen LogP contribution >= 0.6 is 7.82 Å². The van der Waals surface area contributed by atoms with Gasteiger partial charge in [0.05, 0.1) is 34.4 Å². The van der Waals surface area contributed by atoms with Crippen molar-refractivity contribution in [2.24, 2.45) is 0 Å². The van der Waals surface area contributed by atoms with Crippen molar-refractivity contribution in [3.8, 4) is 0 Å². The molecule has 7 nitrogen and oxygen atoms in total. The molecule has 0 bridgehead atoms. The van der Waals surface area contributed by atoms with E-state index >= 15 is 0 Å². The highest BCUT2D eigenvalue weighted by molar-refractivity contribution is 7.45. The molecule has 0 radical (unpaired) electrons. The van der Waals surface area contributed by atoms with Crippen molar-refractivity contribution in [3.63, 3.8) is 0 Å². The summed E-state index contributed by atoms with van der Waals surface area (Å²) in [7, 11) is 1.52. The maximum atomic E-state index is 11.4. The van der Waals surface area contributed by atoms with Crippen LogP contribution in [0.25, 0.3) is 0 Å². The number of rotatable bonds is 10. The van der Waals surface area contributed by atoms with E-state index in [2.05, 4.69) is 4.52 Å². The van der Waals surface area contributed by atoms with Crippen LogP contribution in [0.4, 0.5) is 0 Å². The molecule has 0 amide bonds. The molecule has 0 saturated heterocycles. The third-order valence-electron chi connectivity index (χ3n) is 2.10. The first-order valence-corrected chi connectivity index (χ1v) is 7.82. The number of nitrogens with zero attached hydrogens (tertiary/aromatic N) is 1. The van der Waals surface area contributed by atoms with Gasteiger partial charge in [-0.05, 0) is 6.92 Å². The average Bonchev–Trinajstić information content (AvgIpc) is 2.26. The number of ether oxygens (including phenoxy) is 1. The summed E-state index contributed by atoms with van der Waals surface area (Å²) in [5.74, 6) is -0.461. The molecule has 0 saturated carbocycles. The highest BCUT2D eigenvalue weighted by Gasteiger charge is 2.13. The predicted octanol–water partition coefficient (Wildman–Crippen LogP) is 0.704. The van der Waals surface area contributed by atoms with E-state index in [4.69, 9.17) is 9.26 Å². The van der Waals surface area contributed by atoms with Crippen molar-refractivity contribution in [2.45, 2.75) is 13.3 Å². The van der Waals surface area contributed by atoms with Crippen LogP contribution in [-0.2, 0) is 23.1 Å². The van der Waals surface area contributed by atoms with Gasteiger partial charge in [-0.15, -0.1) is 0 Å². The molecule has 118 valence electrons. The molecule has 0 rings (SSSR count). The molecule has 0 aromatic heterocycles. The second-order valence-corrected chi connectivity index (χ2v) is 6.56. The van der Waals surface area contributed by atoms with Crippen LogP contribution in [0.2, 0.25) is 0 Å². The summed E-state index contributed by atoms with van der Waals surface area (Å²) in [6, 6.07) is 0. The first-order valence-electron chi connectivity index (χ1n) is 6.36. The molecular weight excluding hydrogens is 285 g/mol. The maximum Gasteiger partial charge on any atom is 0.330 e. The van der Waals surface area contributed by atoms with Crippen LogP contribution in [0.3, 0.4) is 0 Å². The first-order chi connectivity index (χ1) is 9.16. The number of hydrogen-bond acceptors (Lipinski definition) is 6. The van der Waals surface area contributed by atoms with E-state index in [0.29, 0.717) is 11.0 Å². The summed E-state index contributed by atoms with van der Waals surface area (Å²) in [5, 5.41) is 0. The number of esters is 1. The van der Waals surface area contributed by atoms with Crippen molar-refractivity contribution in [3.05, 3.63) is 12.2 Å². The number of phosphoric ester groups is 1. The lowest BCUT2D eigenvalue weighted by molar-refractivity contribution is -0.870. The van der Waals surface area contributed by atoms with Crippen molar-refractivity contribution < 1.29 is 32.5 Å². The van der Waals surface area contributed by atoms with Gasteiger partial charge < -0.3 is 23.2 Å². The predicted molar refractivity (Wildman–Crippen MR) is 72.8 cm³/mol. The molecule has 20 heavy (non-hydrogen) atoms. The van der Waals surface area contributed by atoms with E-state index in [1.165, 1.54) is 6.08 Å². The van der Waals surface area contributed by atoms with Crippen LogP contribution in [0, 0.1) is 0 Å². The van der Waals surface area contributed by atoms with Crippen LogP contribution in [0.1, 0.15) is 13.3 Å². The standard InChI is InChI=1S/C12H24NO6P/c1-5-7-12(14)17-9-6-10-18-20(15,16)19-11-8-13(2,3)4/h5,7H,6,8-11H2,1-4H3. The normalized spacial score (nSPS) is 15.2. The topological polar surface area (TPSA) is 84.9 Å². The van der Waals surface area contributed by atoms with E-state index < -0.39 is 13.8 Å². The quantitative estimate of drug-likeness (QED) is 0.194. The maximum absolute atomic E-state index is 11.4. The van der Waals surface area contributed by atoms with Crippen LogP contribution in [0.5, 0.6) is 0 Å². The van der Waals surface area contributed by atoms with E-state index in [-0.39, 0.29) is 26.2 Å². The molecule has 0 aromatic carbocycles. The lowest BCUT2D eigenvalue weighted by Gasteiger charge is -2.27.